The fourth-order valence-electron chi connectivity index (χ4n) is 1.28. The van der Waals surface area contributed by atoms with Gasteiger partial charge in [0, 0.05) is 12.8 Å². The normalized spacial score (nSPS) is 13.8. The van der Waals surface area contributed by atoms with Crippen LogP contribution in [0.1, 0.15) is 26.2 Å². The number of rotatable bonds is 8. The number of hydrogen-bond donors (Lipinski definition) is 0. The van der Waals surface area contributed by atoms with E-state index in [1.165, 1.54) is 6.92 Å². The highest BCUT2D eigenvalue weighted by Gasteiger charge is 2.73. The van der Waals surface area contributed by atoms with Crippen LogP contribution in [0.2, 0.25) is 0 Å². The molecule has 0 N–H and O–H groups in total. The molecular weight excluding hydrogens is 347 g/mol. The Balaban J connectivity index is 5.34. The third-order valence-electron chi connectivity index (χ3n) is 2.64. The molecule has 0 saturated carbocycles. The summed E-state index contributed by atoms with van der Waals surface area (Å²) in [6.45, 7) is 3.29. The SMILES string of the molecule is C=C(C(=O)OCCC)C(F)(F)C(F)(F)C(F)(F)CCC(F)(F)F. The molecule has 0 rings (SSSR count). The van der Waals surface area contributed by atoms with Crippen LogP contribution in [0.15, 0.2) is 12.2 Å². The summed E-state index contributed by atoms with van der Waals surface area (Å²) in [5.41, 5.74) is -2.26. The van der Waals surface area contributed by atoms with Crippen LogP contribution >= 0.6 is 0 Å². The van der Waals surface area contributed by atoms with Gasteiger partial charge in [-0.2, -0.15) is 39.5 Å². The van der Waals surface area contributed by atoms with Crippen LogP contribution in [0.25, 0.3) is 0 Å². The third kappa shape index (κ3) is 5.03. The smallest absolute Gasteiger partial charge is 0.389 e. The Bertz CT molecular complexity index is 440. The first kappa shape index (κ1) is 21.6. The molecule has 0 unspecified atom stereocenters. The van der Waals surface area contributed by atoms with Gasteiger partial charge in [-0.15, -0.1) is 0 Å². The van der Waals surface area contributed by atoms with Crippen molar-refractivity contribution in [2.24, 2.45) is 0 Å². The number of alkyl halides is 9. The summed E-state index contributed by atoms with van der Waals surface area (Å²) in [5.74, 6) is -19.8. The summed E-state index contributed by atoms with van der Waals surface area (Å²) in [5, 5.41) is 0. The van der Waals surface area contributed by atoms with E-state index in [0.717, 1.165) is 0 Å². The molecule has 0 bridgehead atoms. The molecule has 0 saturated heterocycles. The second kappa shape index (κ2) is 7.00. The van der Waals surface area contributed by atoms with Crippen molar-refractivity contribution in [3.8, 4) is 0 Å². The minimum Gasteiger partial charge on any atom is -0.462 e. The molecular formula is C12H13F9O2. The molecule has 2 nitrogen and oxygen atoms in total. The summed E-state index contributed by atoms with van der Waals surface area (Å²) in [6, 6.07) is 0. The van der Waals surface area contributed by atoms with Gasteiger partial charge in [0.15, 0.2) is 0 Å². The van der Waals surface area contributed by atoms with Crippen molar-refractivity contribution in [3.63, 3.8) is 0 Å². The molecule has 0 atom stereocenters. The lowest BCUT2D eigenvalue weighted by molar-refractivity contribution is -0.302. The van der Waals surface area contributed by atoms with E-state index in [4.69, 9.17) is 0 Å². The molecule has 0 aliphatic rings. The summed E-state index contributed by atoms with van der Waals surface area (Å²) in [7, 11) is 0. The van der Waals surface area contributed by atoms with Gasteiger partial charge in [-0.25, -0.2) is 4.79 Å². The first-order valence-electron chi connectivity index (χ1n) is 6.17. The summed E-state index contributed by atoms with van der Waals surface area (Å²) >= 11 is 0. The summed E-state index contributed by atoms with van der Waals surface area (Å²) in [4.78, 5) is 11.1. The monoisotopic (exact) mass is 360 g/mol. The first-order chi connectivity index (χ1) is 10.1. The van der Waals surface area contributed by atoms with Gasteiger partial charge in [0.2, 0.25) is 0 Å². The van der Waals surface area contributed by atoms with E-state index in [9.17, 15) is 44.3 Å². The Kier molecular flexibility index (Phi) is 6.56. The van der Waals surface area contributed by atoms with E-state index < -0.39 is 54.9 Å². The zero-order chi connectivity index (χ0) is 18.7. The standard InChI is InChI=1S/C12H13F9O2/c1-3-6-23-8(22)7(2)11(18,19)12(20,21)9(13,14)4-5-10(15,16)17/h2-6H2,1H3. The van der Waals surface area contributed by atoms with Gasteiger partial charge >= 0.3 is 29.9 Å². The molecule has 0 aliphatic carbocycles. The van der Waals surface area contributed by atoms with Crippen LogP contribution in [0.4, 0.5) is 39.5 Å². The lowest BCUT2D eigenvalue weighted by Crippen LogP contribution is -2.56. The number of halogens is 9. The van der Waals surface area contributed by atoms with Crippen molar-refractivity contribution < 1.29 is 49.0 Å². The predicted octanol–water partition coefficient (Wildman–Crippen LogP) is 4.74. The van der Waals surface area contributed by atoms with Gasteiger partial charge in [0.1, 0.15) is 5.57 Å². The molecule has 136 valence electrons. The highest BCUT2D eigenvalue weighted by Crippen LogP contribution is 2.51. The predicted molar refractivity (Wildman–Crippen MR) is 60.5 cm³/mol. The van der Waals surface area contributed by atoms with Crippen LogP contribution in [0.5, 0.6) is 0 Å². The number of esters is 1. The van der Waals surface area contributed by atoms with Gasteiger partial charge < -0.3 is 4.74 Å². The number of ether oxygens (including phenoxy) is 1. The first-order valence-corrected chi connectivity index (χ1v) is 6.17. The molecule has 0 spiro atoms. The number of carbonyl (C=O) groups excluding carboxylic acids is 1. The van der Waals surface area contributed by atoms with E-state index in [1.807, 2.05) is 0 Å². The van der Waals surface area contributed by atoms with E-state index in [2.05, 4.69) is 11.3 Å². The Morgan fingerprint density at radius 3 is 1.83 bits per heavy atom. The molecule has 0 radical (unpaired) electrons. The van der Waals surface area contributed by atoms with Gasteiger partial charge in [0.25, 0.3) is 0 Å². The van der Waals surface area contributed by atoms with Crippen LogP contribution in [-0.2, 0) is 9.53 Å². The number of hydrogen-bond acceptors (Lipinski definition) is 2. The summed E-state index contributed by atoms with van der Waals surface area (Å²) < 4.78 is 120. The van der Waals surface area contributed by atoms with Crippen molar-refractivity contribution in [1.29, 1.82) is 0 Å². The maximum atomic E-state index is 13.5. The van der Waals surface area contributed by atoms with Crippen molar-refractivity contribution in [2.75, 3.05) is 6.61 Å². The maximum absolute atomic E-state index is 13.5. The average molecular weight is 360 g/mol. The molecule has 0 aliphatic heterocycles. The maximum Gasteiger partial charge on any atom is 0.389 e. The van der Waals surface area contributed by atoms with E-state index in [1.54, 1.807) is 0 Å². The van der Waals surface area contributed by atoms with E-state index in [-0.39, 0.29) is 6.42 Å². The second-order valence-corrected chi connectivity index (χ2v) is 4.58. The molecule has 0 aromatic heterocycles. The minimum absolute atomic E-state index is 0.128. The molecule has 0 aromatic rings. The fourth-order valence-corrected chi connectivity index (χ4v) is 1.28. The van der Waals surface area contributed by atoms with Crippen molar-refractivity contribution >= 4 is 5.97 Å². The lowest BCUT2D eigenvalue weighted by Gasteiger charge is -2.33. The second-order valence-electron chi connectivity index (χ2n) is 4.58. The van der Waals surface area contributed by atoms with Crippen LogP contribution in [0.3, 0.4) is 0 Å². The Morgan fingerprint density at radius 2 is 1.43 bits per heavy atom. The van der Waals surface area contributed by atoms with Crippen molar-refractivity contribution in [3.05, 3.63) is 12.2 Å². The summed E-state index contributed by atoms with van der Waals surface area (Å²) in [6.07, 6.45) is -10.1. The zero-order valence-electron chi connectivity index (χ0n) is 11.8. The van der Waals surface area contributed by atoms with Gasteiger partial charge in [0.05, 0.1) is 6.61 Å². The Morgan fingerprint density at radius 1 is 0.957 bits per heavy atom. The lowest BCUT2D eigenvalue weighted by atomic mass is 9.95. The largest absolute Gasteiger partial charge is 0.462 e. The molecule has 0 aromatic carbocycles. The van der Waals surface area contributed by atoms with Crippen molar-refractivity contribution in [1.82, 2.24) is 0 Å². The highest BCUT2D eigenvalue weighted by atomic mass is 19.4. The zero-order valence-corrected chi connectivity index (χ0v) is 11.8. The van der Waals surface area contributed by atoms with Crippen LogP contribution in [-0.4, -0.2) is 36.5 Å². The quantitative estimate of drug-likeness (QED) is 0.355. The van der Waals surface area contributed by atoms with Crippen LogP contribution in [0, 0.1) is 0 Å². The molecule has 0 amide bonds. The Labute approximate surface area is 125 Å². The van der Waals surface area contributed by atoms with Gasteiger partial charge in [-0.1, -0.05) is 13.5 Å². The highest BCUT2D eigenvalue weighted by molar-refractivity contribution is 5.89. The average Bonchev–Trinajstić information content (AvgIpc) is 2.40. The molecule has 11 heteroatoms. The molecule has 0 heterocycles. The van der Waals surface area contributed by atoms with E-state index >= 15 is 0 Å². The van der Waals surface area contributed by atoms with Crippen molar-refractivity contribution in [2.45, 2.75) is 50.1 Å². The van der Waals surface area contributed by atoms with Gasteiger partial charge in [-0.3, -0.25) is 0 Å². The van der Waals surface area contributed by atoms with E-state index in [0.29, 0.717) is 0 Å². The number of carbonyl (C=O) groups is 1. The topological polar surface area (TPSA) is 26.3 Å². The fraction of sp³-hybridized carbons (Fsp3) is 0.750. The third-order valence-corrected chi connectivity index (χ3v) is 2.64. The van der Waals surface area contributed by atoms with Gasteiger partial charge in [-0.05, 0) is 6.42 Å². The molecule has 0 fully saturated rings. The minimum atomic E-state index is -6.26. The Hall–Kier alpha value is -1.42. The molecule has 23 heavy (non-hydrogen) atoms. The van der Waals surface area contributed by atoms with Crippen LogP contribution < -0.4 is 0 Å².